The van der Waals surface area contributed by atoms with Crippen LogP contribution in [0.3, 0.4) is 0 Å². The highest BCUT2D eigenvalue weighted by molar-refractivity contribution is 7.80. The lowest BCUT2D eigenvalue weighted by Gasteiger charge is -2.06. The Bertz CT molecular complexity index is 221. The molecule has 4 nitrogen and oxygen atoms in total. The third-order valence-electron chi connectivity index (χ3n) is 0.672. The highest BCUT2D eigenvalue weighted by Crippen LogP contribution is 1.85. The molecule has 1 N–H and O–H groups in total. The number of rotatable bonds is 1. The summed E-state index contributed by atoms with van der Waals surface area (Å²) in [7, 11) is 0. The van der Waals surface area contributed by atoms with Gasteiger partial charge in [-0.05, 0) is 12.2 Å². The van der Waals surface area contributed by atoms with Gasteiger partial charge in [0.25, 0.3) is 0 Å². The van der Waals surface area contributed by atoms with Crippen molar-refractivity contribution in [2.24, 2.45) is 0 Å². The van der Waals surface area contributed by atoms with E-state index in [9.17, 15) is 0 Å². The molecule has 0 aromatic carbocycles. The molecule has 0 saturated carbocycles. The molecule has 0 rings (SSSR count). The van der Waals surface area contributed by atoms with Gasteiger partial charge in [0.1, 0.15) is 0 Å². The van der Waals surface area contributed by atoms with Crippen LogP contribution in [0.5, 0.6) is 0 Å². The molecule has 0 aromatic rings. The summed E-state index contributed by atoms with van der Waals surface area (Å²) in [5.41, 5.74) is 0. The van der Waals surface area contributed by atoms with Gasteiger partial charge in [0.05, 0.1) is 0 Å². The van der Waals surface area contributed by atoms with Crippen molar-refractivity contribution < 1.29 is 0 Å². The summed E-state index contributed by atoms with van der Waals surface area (Å²) in [6, 6.07) is 0. The Labute approximate surface area is 64.0 Å². The summed E-state index contributed by atoms with van der Waals surface area (Å²) >= 11 is 4.57. The van der Waals surface area contributed by atoms with Gasteiger partial charge in [-0.3, -0.25) is 5.32 Å². The highest BCUT2D eigenvalue weighted by atomic mass is 32.1. The summed E-state index contributed by atoms with van der Waals surface area (Å²) in [5, 5.41) is 18.5. The molecule has 0 radical (unpaired) electrons. The first kappa shape index (κ1) is 8.41. The predicted molar refractivity (Wildman–Crippen MR) is 39.0 cm³/mol. The average Bonchev–Trinajstić information content (AvgIpc) is 1.91. The zero-order chi connectivity index (χ0) is 7.98. The minimum absolute atomic E-state index is 0.0278. The zero-order valence-electron chi connectivity index (χ0n) is 5.03. The van der Waals surface area contributed by atoms with Crippen LogP contribution in [-0.4, -0.2) is 10.0 Å². The third kappa shape index (κ3) is 2.12. The Morgan fingerprint density at radius 2 is 2.30 bits per heavy atom. The number of thiocarbonyl (C=S) groups is 1. The van der Waals surface area contributed by atoms with Gasteiger partial charge in [-0.1, -0.05) is 6.58 Å². The van der Waals surface area contributed by atoms with Crippen molar-refractivity contribution >= 4 is 17.3 Å². The second kappa shape index (κ2) is 4.30. The van der Waals surface area contributed by atoms with Gasteiger partial charge in [0, 0.05) is 6.20 Å². The van der Waals surface area contributed by atoms with Crippen molar-refractivity contribution in [2.75, 3.05) is 0 Å². The van der Waals surface area contributed by atoms with E-state index in [0.29, 0.717) is 0 Å². The fourth-order valence-electron chi connectivity index (χ4n) is 0.277. The van der Waals surface area contributed by atoms with Crippen molar-refractivity contribution in [2.45, 2.75) is 0 Å². The molecule has 0 fully saturated rings. The smallest absolute Gasteiger partial charge is 0.199 e. The van der Waals surface area contributed by atoms with Crippen molar-refractivity contribution in [1.29, 1.82) is 10.5 Å². The van der Waals surface area contributed by atoms with Gasteiger partial charge in [-0.15, -0.1) is 0 Å². The predicted octanol–water partition coefficient (Wildman–Crippen LogP) is 0.269. The quantitative estimate of drug-likeness (QED) is 0.332. The number of nitrogens with zero attached hydrogens (tertiary/aromatic N) is 3. The molecular formula is C5H4N4S. The monoisotopic (exact) mass is 152 g/mol. The van der Waals surface area contributed by atoms with Crippen molar-refractivity contribution in [3.63, 3.8) is 0 Å². The molecule has 0 atom stereocenters. The van der Waals surface area contributed by atoms with Gasteiger partial charge in [0.2, 0.25) is 0 Å². The molecule has 0 aromatic heterocycles. The van der Waals surface area contributed by atoms with E-state index in [1.807, 2.05) is 0 Å². The molecule has 0 aliphatic rings. The van der Waals surface area contributed by atoms with Crippen molar-refractivity contribution in [1.82, 2.24) is 10.2 Å². The third-order valence-corrected chi connectivity index (χ3v) is 0.971. The normalized spacial score (nSPS) is 6.60. The molecule has 5 heteroatoms. The van der Waals surface area contributed by atoms with Crippen LogP contribution in [0.25, 0.3) is 0 Å². The van der Waals surface area contributed by atoms with Gasteiger partial charge < -0.3 is 0 Å². The van der Waals surface area contributed by atoms with E-state index in [1.54, 1.807) is 12.4 Å². The lowest BCUT2D eigenvalue weighted by atomic mass is 10.8. The highest BCUT2D eigenvalue weighted by Gasteiger charge is 2.00. The SMILES string of the molecule is C=CN(C#N)C(=S)NC#N. The molecule has 50 valence electrons. The number of hydrogen-bond donors (Lipinski definition) is 1. The van der Waals surface area contributed by atoms with Crippen LogP contribution in [0.2, 0.25) is 0 Å². The van der Waals surface area contributed by atoms with Crippen LogP contribution in [-0.2, 0) is 0 Å². The maximum absolute atomic E-state index is 8.29. The largest absolute Gasteiger partial charge is 0.268 e. The van der Waals surface area contributed by atoms with Gasteiger partial charge in [0.15, 0.2) is 17.5 Å². The molecule has 0 saturated heterocycles. The summed E-state index contributed by atoms with van der Waals surface area (Å²) in [5.74, 6) is 0. The molecule has 0 amide bonds. The number of hydrogen-bond acceptors (Lipinski definition) is 3. The maximum Gasteiger partial charge on any atom is 0.199 e. The second-order valence-corrected chi connectivity index (χ2v) is 1.58. The van der Waals surface area contributed by atoms with Gasteiger partial charge in [-0.2, -0.15) is 10.5 Å². The van der Waals surface area contributed by atoms with E-state index in [1.165, 1.54) is 6.20 Å². The van der Waals surface area contributed by atoms with E-state index in [-0.39, 0.29) is 5.11 Å². The van der Waals surface area contributed by atoms with Gasteiger partial charge in [-0.25, -0.2) is 4.90 Å². The van der Waals surface area contributed by atoms with E-state index in [2.05, 4.69) is 24.1 Å². The Morgan fingerprint density at radius 1 is 1.70 bits per heavy atom. The second-order valence-electron chi connectivity index (χ2n) is 1.19. The fraction of sp³-hybridized carbons (Fsp3) is 0. The van der Waals surface area contributed by atoms with E-state index < -0.39 is 0 Å². The van der Waals surface area contributed by atoms with Crippen LogP contribution in [0.1, 0.15) is 0 Å². The Balaban J connectivity index is 4.08. The first-order valence-electron chi connectivity index (χ1n) is 2.26. The van der Waals surface area contributed by atoms with Crippen LogP contribution in [0.15, 0.2) is 12.8 Å². The fourth-order valence-corrected chi connectivity index (χ4v) is 0.438. The first-order chi connectivity index (χ1) is 4.76. The molecule has 0 bridgehead atoms. The molecular weight excluding hydrogens is 148 g/mol. The lowest BCUT2D eigenvalue weighted by molar-refractivity contribution is 0.774. The minimum atomic E-state index is 0.0278. The van der Waals surface area contributed by atoms with E-state index in [0.717, 1.165) is 4.90 Å². The lowest BCUT2D eigenvalue weighted by Crippen LogP contribution is -2.29. The molecule has 10 heavy (non-hydrogen) atoms. The Hall–Kier alpha value is -1.59. The molecule has 0 aliphatic carbocycles. The van der Waals surface area contributed by atoms with E-state index in [4.69, 9.17) is 10.5 Å². The maximum atomic E-state index is 8.29. The van der Waals surface area contributed by atoms with Gasteiger partial charge >= 0.3 is 0 Å². The van der Waals surface area contributed by atoms with Crippen molar-refractivity contribution in [3.8, 4) is 12.4 Å². The molecule has 0 heterocycles. The topological polar surface area (TPSA) is 62.9 Å². The standard InChI is InChI=1S/C5H4N4S/c1-2-9(4-7)5(10)8-3-6/h2H,1H2,(H,8,10). The summed E-state index contributed by atoms with van der Waals surface area (Å²) in [6.45, 7) is 3.30. The summed E-state index contributed by atoms with van der Waals surface area (Å²) in [4.78, 5) is 0.971. The molecule has 0 unspecified atom stereocenters. The number of nitrogens with one attached hydrogen (secondary N) is 1. The Kier molecular flexibility index (Phi) is 3.62. The summed E-state index contributed by atoms with van der Waals surface area (Å²) < 4.78 is 0. The molecule has 0 aliphatic heterocycles. The number of nitriles is 2. The van der Waals surface area contributed by atoms with Crippen molar-refractivity contribution in [3.05, 3.63) is 12.8 Å². The van der Waals surface area contributed by atoms with E-state index >= 15 is 0 Å². The van der Waals surface area contributed by atoms with Crippen LogP contribution < -0.4 is 5.32 Å². The first-order valence-corrected chi connectivity index (χ1v) is 2.67. The average molecular weight is 152 g/mol. The van der Waals surface area contributed by atoms with Crippen LogP contribution >= 0.6 is 12.2 Å². The Morgan fingerprint density at radius 3 is 2.60 bits per heavy atom. The van der Waals surface area contributed by atoms with Crippen LogP contribution in [0.4, 0.5) is 0 Å². The molecule has 0 spiro atoms. The minimum Gasteiger partial charge on any atom is -0.268 e. The zero-order valence-corrected chi connectivity index (χ0v) is 5.85. The summed E-state index contributed by atoms with van der Waals surface area (Å²) in [6.07, 6.45) is 4.50. The van der Waals surface area contributed by atoms with Crippen LogP contribution in [0, 0.1) is 22.9 Å².